The maximum Gasteiger partial charge on any atom is 0.311 e. The molecule has 0 atom stereocenters. The number of pyridine rings is 1. The number of rotatable bonds is 4. The predicted octanol–water partition coefficient (Wildman–Crippen LogP) is 2.45. The molecule has 0 radical (unpaired) electrons. The van der Waals surface area contributed by atoms with E-state index >= 15 is 0 Å². The summed E-state index contributed by atoms with van der Waals surface area (Å²) in [6.45, 7) is 2.43. The van der Waals surface area contributed by atoms with Gasteiger partial charge in [-0.05, 0) is 31.9 Å². The number of aromatic nitrogens is 1. The van der Waals surface area contributed by atoms with Gasteiger partial charge in [-0.3, -0.25) is 9.78 Å². The van der Waals surface area contributed by atoms with Crippen molar-refractivity contribution in [3.05, 3.63) is 24.0 Å². The van der Waals surface area contributed by atoms with Crippen molar-refractivity contribution in [2.75, 3.05) is 11.9 Å². The van der Waals surface area contributed by atoms with Crippen LogP contribution in [0.5, 0.6) is 0 Å². The lowest BCUT2D eigenvalue weighted by molar-refractivity contribution is -0.147. The third-order valence-corrected chi connectivity index (χ3v) is 3.54. The van der Waals surface area contributed by atoms with Crippen LogP contribution in [0.1, 0.15) is 31.4 Å². The number of aliphatic carboxylic acids is 1. The van der Waals surface area contributed by atoms with Gasteiger partial charge in [-0.2, -0.15) is 0 Å². The second-order valence-corrected chi connectivity index (χ2v) is 4.83. The molecule has 0 aliphatic heterocycles. The molecular formula is C13H18N2O2. The van der Waals surface area contributed by atoms with E-state index in [1.54, 1.807) is 6.20 Å². The number of hydrogen-bond donors (Lipinski definition) is 2. The average molecular weight is 234 g/mol. The molecule has 2 N–H and O–H groups in total. The Balaban J connectivity index is 2.03. The van der Waals surface area contributed by atoms with E-state index in [2.05, 4.69) is 10.3 Å². The fourth-order valence-corrected chi connectivity index (χ4v) is 2.44. The van der Waals surface area contributed by atoms with Crippen molar-refractivity contribution in [1.82, 2.24) is 4.98 Å². The summed E-state index contributed by atoms with van der Waals surface area (Å²) in [6.07, 6.45) is 5.32. The van der Waals surface area contributed by atoms with Gasteiger partial charge in [0.2, 0.25) is 0 Å². The first-order valence-corrected chi connectivity index (χ1v) is 6.02. The minimum atomic E-state index is -0.673. The van der Waals surface area contributed by atoms with E-state index in [0.29, 0.717) is 6.54 Å². The molecule has 0 saturated heterocycles. The van der Waals surface area contributed by atoms with Crippen molar-refractivity contribution in [3.63, 3.8) is 0 Å². The number of hydrogen-bond acceptors (Lipinski definition) is 3. The van der Waals surface area contributed by atoms with Gasteiger partial charge in [0.25, 0.3) is 0 Å². The number of nitrogens with one attached hydrogen (secondary N) is 1. The summed E-state index contributed by atoms with van der Waals surface area (Å²) in [6, 6.07) is 3.81. The molecule has 0 amide bonds. The van der Waals surface area contributed by atoms with Crippen LogP contribution in [0, 0.1) is 12.3 Å². The van der Waals surface area contributed by atoms with E-state index < -0.39 is 11.4 Å². The monoisotopic (exact) mass is 234 g/mol. The van der Waals surface area contributed by atoms with E-state index in [9.17, 15) is 9.90 Å². The fraction of sp³-hybridized carbons (Fsp3) is 0.538. The first-order chi connectivity index (χ1) is 8.12. The van der Waals surface area contributed by atoms with Gasteiger partial charge in [0.1, 0.15) is 0 Å². The highest BCUT2D eigenvalue weighted by molar-refractivity contribution is 5.76. The van der Waals surface area contributed by atoms with Crippen LogP contribution in [-0.2, 0) is 4.79 Å². The summed E-state index contributed by atoms with van der Waals surface area (Å²) in [5.74, 6) is -0.673. The Hall–Kier alpha value is -1.58. The van der Waals surface area contributed by atoms with E-state index in [-0.39, 0.29) is 0 Å². The summed E-state index contributed by atoms with van der Waals surface area (Å²) in [4.78, 5) is 15.5. The Labute approximate surface area is 101 Å². The van der Waals surface area contributed by atoms with Gasteiger partial charge >= 0.3 is 5.97 Å². The first kappa shape index (κ1) is 11.9. The minimum absolute atomic E-state index is 0.506. The first-order valence-electron chi connectivity index (χ1n) is 6.02. The third-order valence-electron chi connectivity index (χ3n) is 3.54. The Morgan fingerprint density at radius 1 is 1.53 bits per heavy atom. The summed E-state index contributed by atoms with van der Waals surface area (Å²) < 4.78 is 0. The molecule has 4 nitrogen and oxygen atoms in total. The van der Waals surface area contributed by atoms with Crippen molar-refractivity contribution >= 4 is 11.7 Å². The fourth-order valence-electron chi connectivity index (χ4n) is 2.44. The molecule has 2 rings (SSSR count). The normalized spacial score (nSPS) is 17.9. The van der Waals surface area contributed by atoms with E-state index in [1.165, 1.54) is 0 Å². The van der Waals surface area contributed by atoms with Gasteiger partial charge in [-0.15, -0.1) is 0 Å². The Bertz CT molecular complexity index is 412. The minimum Gasteiger partial charge on any atom is -0.481 e. The largest absolute Gasteiger partial charge is 0.481 e. The lowest BCUT2D eigenvalue weighted by Crippen LogP contribution is -2.35. The molecule has 1 fully saturated rings. The molecule has 1 aromatic heterocycles. The second-order valence-electron chi connectivity index (χ2n) is 4.83. The predicted molar refractivity (Wildman–Crippen MR) is 66.0 cm³/mol. The van der Waals surface area contributed by atoms with Gasteiger partial charge in [-0.1, -0.05) is 12.8 Å². The maximum atomic E-state index is 11.4. The lowest BCUT2D eigenvalue weighted by atomic mass is 9.86. The molecular weight excluding hydrogens is 216 g/mol. The maximum absolute atomic E-state index is 11.4. The van der Waals surface area contributed by atoms with Crippen molar-refractivity contribution in [1.29, 1.82) is 0 Å². The SMILES string of the molecule is Cc1cc(NCC2(C(=O)O)CCCC2)ccn1. The van der Waals surface area contributed by atoms with E-state index in [4.69, 9.17) is 0 Å². The van der Waals surface area contributed by atoms with Gasteiger partial charge in [0, 0.05) is 24.1 Å². The van der Waals surface area contributed by atoms with E-state index in [0.717, 1.165) is 37.1 Å². The van der Waals surface area contributed by atoms with Crippen LogP contribution >= 0.6 is 0 Å². The van der Waals surface area contributed by atoms with Crippen LogP contribution < -0.4 is 5.32 Å². The average Bonchev–Trinajstić information content (AvgIpc) is 2.76. The number of carboxylic acids is 1. The molecule has 1 aliphatic carbocycles. The quantitative estimate of drug-likeness (QED) is 0.840. The second kappa shape index (κ2) is 4.73. The zero-order valence-corrected chi connectivity index (χ0v) is 10.1. The molecule has 17 heavy (non-hydrogen) atoms. The van der Waals surface area contributed by atoms with Crippen LogP contribution in [-0.4, -0.2) is 22.6 Å². The van der Waals surface area contributed by atoms with Gasteiger partial charge in [0.15, 0.2) is 0 Å². The highest BCUT2D eigenvalue weighted by Gasteiger charge is 2.40. The van der Waals surface area contributed by atoms with E-state index in [1.807, 2.05) is 19.1 Å². The molecule has 4 heteroatoms. The van der Waals surface area contributed by atoms with Crippen LogP contribution in [0.4, 0.5) is 5.69 Å². The van der Waals surface area contributed by atoms with Crippen LogP contribution in [0.2, 0.25) is 0 Å². The van der Waals surface area contributed by atoms with Gasteiger partial charge in [0.05, 0.1) is 5.41 Å². The molecule has 1 saturated carbocycles. The molecule has 0 bridgehead atoms. The zero-order valence-electron chi connectivity index (χ0n) is 10.1. The van der Waals surface area contributed by atoms with Crippen LogP contribution in [0.3, 0.4) is 0 Å². The highest BCUT2D eigenvalue weighted by Crippen LogP contribution is 2.38. The number of carbonyl (C=O) groups is 1. The summed E-state index contributed by atoms with van der Waals surface area (Å²) in [5, 5.41) is 12.6. The molecule has 0 unspecified atom stereocenters. The van der Waals surface area contributed by atoms with Crippen molar-refractivity contribution < 1.29 is 9.90 Å². The Kier molecular flexibility index (Phi) is 3.31. The number of aryl methyl sites for hydroxylation is 1. The van der Waals surface area contributed by atoms with Gasteiger partial charge < -0.3 is 10.4 Å². The van der Waals surface area contributed by atoms with Crippen molar-refractivity contribution in [3.8, 4) is 0 Å². The molecule has 1 aromatic rings. The summed E-state index contributed by atoms with van der Waals surface area (Å²) in [7, 11) is 0. The smallest absolute Gasteiger partial charge is 0.311 e. The lowest BCUT2D eigenvalue weighted by Gasteiger charge is -2.24. The summed E-state index contributed by atoms with van der Waals surface area (Å²) >= 11 is 0. The topological polar surface area (TPSA) is 62.2 Å². The van der Waals surface area contributed by atoms with Crippen LogP contribution in [0.15, 0.2) is 18.3 Å². The zero-order chi connectivity index (χ0) is 12.3. The molecule has 1 aliphatic rings. The molecule has 1 heterocycles. The standard InChI is InChI=1S/C13H18N2O2/c1-10-8-11(4-7-14-10)15-9-13(12(16)17)5-2-3-6-13/h4,7-8H,2-3,5-6,9H2,1H3,(H,14,15)(H,16,17). The number of carboxylic acid groups (broad SMARTS) is 1. The summed E-state index contributed by atoms with van der Waals surface area (Å²) in [5.41, 5.74) is 1.31. The molecule has 0 aromatic carbocycles. The molecule has 92 valence electrons. The Morgan fingerprint density at radius 2 is 2.24 bits per heavy atom. The highest BCUT2D eigenvalue weighted by atomic mass is 16.4. The molecule has 0 spiro atoms. The van der Waals surface area contributed by atoms with Crippen LogP contribution in [0.25, 0.3) is 0 Å². The number of anilines is 1. The van der Waals surface area contributed by atoms with Crippen molar-refractivity contribution in [2.45, 2.75) is 32.6 Å². The Morgan fingerprint density at radius 3 is 2.82 bits per heavy atom. The number of nitrogens with zero attached hydrogens (tertiary/aromatic N) is 1. The van der Waals surface area contributed by atoms with Crippen molar-refractivity contribution in [2.24, 2.45) is 5.41 Å². The van der Waals surface area contributed by atoms with Gasteiger partial charge in [-0.25, -0.2) is 0 Å². The third kappa shape index (κ3) is 2.57.